The lowest BCUT2D eigenvalue weighted by molar-refractivity contribution is -0.140. The molecule has 0 radical (unpaired) electrons. The van der Waals surface area contributed by atoms with Gasteiger partial charge in [-0.05, 0) is 12.0 Å². The van der Waals surface area contributed by atoms with Gasteiger partial charge in [-0.1, -0.05) is 19.9 Å². The van der Waals surface area contributed by atoms with Crippen LogP contribution in [0.5, 0.6) is 0 Å². The number of hydrogen-bond donors (Lipinski definition) is 3. The molecular formula is C11H14N2O4. The van der Waals surface area contributed by atoms with Crippen LogP contribution in [0.3, 0.4) is 0 Å². The first-order chi connectivity index (χ1) is 7.91. The van der Waals surface area contributed by atoms with Crippen molar-refractivity contribution in [2.75, 3.05) is 0 Å². The summed E-state index contributed by atoms with van der Waals surface area (Å²) in [6, 6.07) is 3.13. The largest absolute Gasteiger partial charge is 0.480 e. The van der Waals surface area contributed by atoms with Crippen molar-refractivity contribution < 1.29 is 14.7 Å². The first-order valence-electron chi connectivity index (χ1n) is 5.15. The van der Waals surface area contributed by atoms with E-state index in [0.717, 1.165) is 0 Å². The van der Waals surface area contributed by atoms with Crippen LogP contribution in [0.15, 0.2) is 23.0 Å². The van der Waals surface area contributed by atoms with Crippen molar-refractivity contribution in [2.24, 2.45) is 5.92 Å². The van der Waals surface area contributed by atoms with E-state index in [-0.39, 0.29) is 11.6 Å². The molecule has 1 rings (SSSR count). The Bertz CT molecular complexity index is 478. The third kappa shape index (κ3) is 3.44. The van der Waals surface area contributed by atoms with Gasteiger partial charge in [-0.15, -0.1) is 0 Å². The number of aromatic amines is 1. The number of carbonyl (C=O) groups excluding carboxylic acids is 1. The third-order valence-electron chi connectivity index (χ3n) is 2.23. The summed E-state index contributed by atoms with van der Waals surface area (Å²) in [7, 11) is 0. The van der Waals surface area contributed by atoms with Gasteiger partial charge in [0.2, 0.25) is 5.56 Å². The van der Waals surface area contributed by atoms with E-state index >= 15 is 0 Å². The summed E-state index contributed by atoms with van der Waals surface area (Å²) in [4.78, 5) is 35.9. The molecule has 3 N–H and O–H groups in total. The Morgan fingerprint density at radius 3 is 2.47 bits per heavy atom. The highest BCUT2D eigenvalue weighted by Crippen LogP contribution is 2.03. The number of carboxylic acids is 1. The van der Waals surface area contributed by atoms with Gasteiger partial charge in [0, 0.05) is 6.07 Å². The van der Waals surface area contributed by atoms with E-state index < -0.39 is 23.5 Å². The fraction of sp³-hybridized carbons (Fsp3) is 0.364. The Balaban J connectivity index is 2.85. The highest BCUT2D eigenvalue weighted by Gasteiger charge is 2.24. The molecule has 0 unspecified atom stereocenters. The predicted octanol–water partition coefficient (Wildman–Crippen LogP) is 0.214. The number of aromatic nitrogens is 1. The van der Waals surface area contributed by atoms with E-state index in [2.05, 4.69) is 10.3 Å². The molecule has 92 valence electrons. The first-order valence-corrected chi connectivity index (χ1v) is 5.15. The zero-order valence-corrected chi connectivity index (χ0v) is 9.56. The molecule has 1 aromatic heterocycles. The fourth-order valence-electron chi connectivity index (χ4n) is 1.31. The fourth-order valence-corrected chi connectivity index (χ4v) is 1.31. The van der Waals surface area contributed by atoms with Crippen molar-refractivity contribution in [3.63, 3.8) is 0 Å². The standard InChI is InChI=1S/C11H14N2O4/c1-6(2)9(11(16)17)13-10(15)7-4-3-5-8(14)12-7/h3-6,9H,1-2H3,(H,12,14)(H,13,15)(H,16,17)/t9-/m1/s1. The van der Waals surface area contributed by atoms with Crippen molar-refractivity contribution >= 4 is 11.9 Å². The van der Waals surface area contributed by atoms with Crippen LogP contribution in [0.4, 0.5) is 0 Å². The van der Waals surface area contributed by atoms with Crippen molar-refractivity contribution in [2.45, 2.75) is 19.9 Å². The van der Waals surface area contributed by atoms with Crippen molar-refractivity contribution in [3.05, 3.63) is 34.2 Å². The molecule has 0 spiro atoms. The molecule has 0 saturated carbocycles. The summed E-state index contributed by atoms with van der Waals surface area (Å²) in [5.74, 6) is -1.96. The van der Waals surface area contributed by atoms with Crippen LogP contribution in [0.2, 0.25) is 0 Å². The number of carbonyl (C=O) groups is 2. The van der Waals surface area contributed by atoms with Crippen LogP contribution in [0.25, 0.3) is 0 Å². The highest BCUT2D eigenvalue weighted by atomic mass is 16.4. The molecule has 0 saturated heterocycles. The average Bonchev–Trinajstić information content (AvgIpc) is 2.24. The summed E-state index contributed by atoms with van der Waals surface area (Å²) in [5.41, 5.74) is -0.363. The normalized spacial score (nSPS) is 12.2. The number of carboxylic acid groups (broad SMARTS) is 1. The van der Waals surface area contributed by atoms with Gasteiger partial charge in [-0.25, -0.2) is 4.79 Å². The van der Waals surface area contributed by atoms with Gasteiger partial charge < -0.3 is 15.4 Å². The Morgan fingerprint density at radius 1 is 1.35 bits per heavy atom. The molecule has 1 atom stereocenters. The van der Waals surface area contributed by atoms with Crippen LogP contribution in [0.1, 0.15) is 24.3 Å². The van der Waals surface area contributed by atoms with Gasteiger partial charge in [0.05, 0.1) is 0 Å². The number of rotatable bonds is 4. The molecule has 6 nitrogen and oxygen atoms in total. The Morgan fingerprint density at radius 2 is 2.00 bits per heavy atom. The number of hydrogen-bond acceptors (Lipinski definition) is 3. The minimum Gasteiger partial charge on any atom is -0.480 e. The van der Waals surface area contributed by atoms with Crippen LogP contribution < -0.4 is 10.9 Å². The second kappa shape index (κ2) is 5.29. The number of pyridine rings is 1. The van der Waals surface area contributed by atoms with Gasteiger partial charge in [0.15, 0.2) is 0 Å². The summed E-state index contributed by atoms with van der Waals surface area (Å²) < 4.78 is 0. The van der Waals surface area contributed by atoms with Crippen LogP contribution in [-0.4, -0.2) is 28.0 Å². The lowest BCUT2D eigenvalue weighted by Crippen LogP contribution is -2.44. The first kappa shape index (κ1) is 13.0. The highest BCUT2D eigenvalue weighted by molar-refractivity contribution is 5.94. The number of aliphatic carboxylic acids is 1. The summed E-state index contributed by atoms with van der Waals surface area (Å²) in [6.45, 7) is 3.37. The molecule has 1 amide bonds. The average molecular weight is 238 g/mol. The SMILES string of the molecule is CC(C)[C@@H](NC(=O)c1cccc(=O)[nH]1)C(=O)O. The second-order valence-corrected chi connectivity index (χ2v) is 3.96. The maximum Gasteiger partial charge on any atom is 0.326 e. The maximum atomic E-state index is 11.7. The summed E-state index contributed by atoms with van der Waals surface area (Å²) in [5, 5.41) is 11.3. The smallest absolute Gasteiger partial charge is 0.326 e. The van der Waals surface area contributed by atoms with E-state index in [1.54, 1.807) is 13.8 Å². The van der Waals surface area contributed by atoms with Gasteiger partial charge in [0.25, 0.3) is 5.91 Å². The topological polar surface area (TPSA) is 99.3 Å². The molecule has 17 heavy (non-hydrogen) atoms. The minimum atomic E-state index is -1.10. The summed E-state index contributed by atoms with van der Waals surface area (Å²) in [6.07, 6.45) is 0. The van der Waals surface area contributed by atoms with Gasteiger partial charge in [-0.2, -0.15) is 0 Å². The van der Waals surface area contributed by atoms with Crippen LogP contribution >= 0.6 is 0 Å². The van der Waals surface area contributed by atoms with Gasteiger partial charge in [0.1, 0.15) is 11.7 Å². The molecule has 0 aliphatic carbocycles. The number of H-pyrrole nitrogens is 1. The molecule has 1 aromatic rings. The van der Waals surface area contributed by atoms with E-state index in [0.29, 0.717) is 0 Å². The Hall–Kier alpha value is -2.11. The lowest BCUT2D eigenvalue weighted by Gasteiger charge is -2.17. The van der Waals surface area contributed by atoms with Gasteiger partial charge >= 0.3 is 5.97 Å². The molecule has 0 aliphatic rings. The molecule has 0 aliphatic heterocycles. The third-order valence-corrected chi connectivity index (χ3v) is 2.23. The quantitative estimate of drug-likeness (QED) is 0.698. The monoisotopic (exact) mass is 238 g/mol. The van der Waals surface area contributed by atoms with E-state index in [4.69, 9.17) is 5.11 Å². The second-order valence-electron chi connectivity index (χ2n) is 3.96. The molecule has 0 fully saturated rings. The Kier molecular flexibility index (Phi) is 4.03. The molecule has 0 bridgehead atoms. The minimum absolute atomic E-state index is 0.0457. The van der Waals surface area contributed by atoms with Crippen LogP contribution in [0, 0.1) is 5.92 Å². The Labute approximate surface area is 97.7 Å². The lowest BCUT2D eigenvalue weighted by atomic mass is 10.0. The van der Waals surface area contributed by atoms with Crippen molar-refractivity contribution in [3.8, 4) is 0 Å². The van der Waals surface area contributed by atoms with Gasteiger partial charge in [-0.3, -0.25) is 9.59 Å². The van der Waals surface area contributed by atoms with Crippen molar-refractivity contribution in [1.29, 1.82) is 0 Å². The zero-order chi connectivity index (χ0) is 13.0. The molecular weight excluding hydrogens is 224 g/mol. The maximum absolute atomic E-state index is 11.7. The number of nitrogens with one attached hydrogen (secondary N) is 2. The van der Waals surface area contributed by atoms with Crippen molar-refractivity contribution in [1.82, 2.24) is 10.3 Å². The van der Waals surface area contributed by atoms with E-state index in [1.807, 2.05) is 0 Å². The molecule has 0 aromatic carbocycles. The molecule has 6 heteroatoms. The summed E-state index contributed by atoms with van der Waals surface area (Å²) >= 11 is 0. The van der Waals surface area contributed by atoms with Crippen LogP contribution in [-0.2, 0) is 4.79 Å². The predicted molar refractivity (Wildman–Crippen MR) is 60.8 cm³/mol. The van der Waals surface area contributed by atoms with E-state index in [1.165, 1.54) is 18.2 Å². The zero-order valence-electron chi connectivity index (χ0n) is 9.56. The molecule has 1 heterocycles. The number of amides is 1. The van der Waals surface area contributed by atoms with E-state index in [9.17, 15) is 14.4 Å².